The SMILES string of the molecule is CC(C)(C)OC(=O)N[C@H](Cc1ccc(O)c(Cl)c1)C(=O)O. The van der Waals surface area contributed by atoms with Crippen molar-refractivity contribution in [2.45, 2.75) is 38.8 Å². The normalized spacial score (nSPS) is 12.6. The number of carboxylic acids is 1. The van der Waals surface area contributed by atoms with Gasteiger partial charge in [-0.3, -0.25) is 0 Å². The van der Waals surface area contributed by atoms with E-state index in [1.165, 1.54) is 18.2 Å². The van der Waals surface area contributed by atoms with Gasteiger partial charge >= 0.3 is 12.1 Å². The molecule has 0 fully saturated rings. The van der Waals surface area contributed by atoms with Gasteiger partial charge in [-0.05, 0) is 38.5 Å². The maximum atomic E-state index is 11.6. The van der Waals surface area contributed by atoms with Crippen LogP contribution in [-0.4, -0.2) is 33.9 Å². The highest BCUT2D eigenvalue weighted by atomic mass is 35.5. The Hall–Kier alpha value is -1.95. The largest absolute Gasteiger partial charge is 0.506 e. The zero-order valence-corrected chi connectivity index (χ0v) is 12.8. The first kappa shape index (κ1) is 17.1. The molecule has 6 nitrogen and oxygen atoms in total. The van der Waals surface area contributed by atoms with Crippen molar-refractivity contribution in [1.82, 2.24) is 5.32 Å². The maximum Gasteiger partial charge on any atom is 0.408 e. The number of carbonyl (C=O) groups is 2. The first-order valence-corrected chi connectivity index (χ1v) is 6.66. The maximum absolute atomic E-state index is 11.6. The van der Waals surface area contributed by atoms with Crippen molar-refractivity contribution < 1.29 is 24.5 Å². The predicted molar refractivity (Wildman–Crippen MR) is 77.6 cm³/mol. The van der Waals surface area contributed by atoms with Crippen LogP contribution in [0.15, 0.2) is 18.2 Å². The Bertz CT molecular complexity index is 539. The van der Waals surface area contributed by atoms with Gasteiger partial charge in [0.1, 0.15) is 17.4 Å². The van der Waals surface area contributed by atoms with E-state index in [2.05, 4.69) is 5.32 Å². The number of amides is 1. The van der Waals surface area contributed by atoms with Gasteiger partial charge in [0.05, 0.1) is 5.02 Å². The van der Waals surface area contributed by atoms with E-state index in [4.69, 9.17) is 21.4 Å². The molecule has 1 amide bonds. The number of rotatable bonds is 4. The lowest BCUT2D eigenvalue weighted by molar-refractivity contribution is -0.139. The van der Waals surface area contributed by atoms with Crippen LogP contribution in [0.25, 0.3) is 0 Å². The van der Waals surface area contributed by atoms with Crippen LogP contribution in [0.3, 0.4) is 0 Å². The van der Waals surface area contributed by atoms with E-state index in [-0.39, 0.29) is 17.2 Å². The average molecular weight is 316 g/mol. The zero-order chi connectivity index (χ0) is 16.2. The fraction of sp³-hybridized carbons (Fsp3) is 0.429. The first-order valence-electron chi connectivity index (χ1n) is 6.28. The third-order valence-electron chi connectivity index (χ3n) is 2.44. The summed E-state index contributed by atoms with van der Waals surface area (Å²) in [5, 5.41) is 20.9. The van der Waals surface area contributed by atoms with E-state index < -0.39 is 23.7 Å². The van der Waals surface area contributed by atoms with E-state index in [0.29, 0.717) is 5.56 Å². The van der Waals surface area contributed by atoms with Crippen LogP contribution < -0.4 is 5.32 Å². The molecule has 0 aliphatic rings. The molecular weight excluding hydrogens is 298 g/mol. The van der Waals surface area contributed by atoms with Gasteiger partial charge in [0, 0.05) is 6.42 Å². The van der Waals surface area contributed by atoms with E-state index in [1.54, 1.807) is 20.8 Å². The minimum absolute atomic E-state index is 0.0224. The van der Waals surface area contributed by atoms with Gasteiger partial charge in [-0.1, -0.05) is 17.7 Å². The first-order chi connectivity index (χ1) is 9.58. The van der Waals surface area contributed by atoms with Crippen LogP contribution >= 0.6 is 11.6 Å². The molecule has 1 aromatic carbocycles. The van der Waals surface area contributed by atoms with Crippen LogP contribution in [-0.2, 0) is 16.0 Å². The second-order valence-corrected chi connectivity index (χ2v) is 5.93. The van der Waals surface area contributed by atoms with Crippen LogP contribution in [0.1, 0.15) is 26.3 Å². The van der Waals surface area contributed by atoms with Crippen molar-refractivity contribution in [3.63, 3.8) is 0 Å². The highest BCUT2D eigenvalue weighted by Gasteiger charge is 2.24. The fourth-order valence-corrected chi connectivity index (χ4v) is 1.77. The lowest BCUT2D eigenvalue weighted by Crippen LogP contribution is -2.44. The number of carboxylic acid groups (broad SMARTS) is 1. The molecule has 3 N–H and O–H groups in total. The van der Waals surface area contributed by atoms with Gasteiger partial charge < -0.3 is 20.3 Å². The minimum atomic E-state index is -1.19. The summed E-state index contributed by atoms with van der Waals surface area (Å²) in [6.07, 6.45) is -0.783. The van der Waals surface area contributed by atoms with Crippen LogP contribution in [0.2, 0.25) is 5.02 Å². The second kappa shape index (κ2) is 6.67. The Balaban J connectivity index is 2.76. The smallest absolute Gasteiger partial charge is 0.408 e. The molecule has 0 aromatic heterocycles. The summed E-state index contributed by atoms with van der Waals surface area (Å²) in [4.78, 5) is 22.8. The summed E-state index contributed by atoms with van der Waals surface area (Å²) in [6.45, 7) is 5.05. The van der Waals surface area contributed by atoms with Crippen molar-refractivity contribution in [2.75, 3.05) is 0 Å². The number of halogens is 1. The Morgan fingerprint density at radius 1 is 1.38 bits per heavy atom. The molecule has 0 saturated carbocycles. The highest BCUT2D eigenvalue weighted by Crippen LogP contribution is 2.24. The Morgan fingerprint density at radius 3 is 2.48 bits per heavy atom. The molecule has 7 heteroatoms. The second-order valence-electron chi connectivity index (χ2n) is 5.53. The Kier molecular flexibility index (Phi) is 5.43. The van der Waals surface area contributed by atoms with Crippen LogP contribution in [0.5, 0.6) is 5.75 Å². The summed E-state index contributed by atoms with van der Waals surface area (Å²) in [5.74, 6) is -1.28. The average Bonchev–Trinajstić information content (AvgIpc) is 2.30. The molecule has 0 saturated heterocycles. The molecule has 0 spiro atoms. The van der Waals surface area contributed by atoms with Gasteiger partial charge in [0.25, 0.3) is 0 Å². The number of ether oxygens (including phenoxy) is 1. The third kappa shape index (κ3) is 5.91. The van der Waals surface area contributed by atoms with Gasteiger partial charge in [-0.25, -0.2) is 9.59 Å². The van der Waals surface area contributed by atoms with Crippen LogP contribution in [0.4, 0.5) is 4.79 Å². The number of aromatic hydroxyl groups is 1. The van der Waals surface area contributed by atoms with E-state index in [1.807, 2.05) is 0 Å². The number of phenols is 1. The van der Waals surface area contributed by atoms with Crippen molar-refractivity contribution in [1.29, 1.82) is 0 Å². The standard InChI is InChI=1S/C14H18ClNO5/c1-14(2,3)21-13(20)16-10(12(18)19)7-8-4-5-11(17)9(15)6-8/h4-6,10,17H,7H2,1-3H3,(H,16,20)(H,18,19)/t10-/m1/s1. The van der Waals surface area contributed by atoms with Crippen molar-refractivity contribution in [2.24, 2.45) is 0 Å². The van der Waals surface area contributed by atoms with Crippen molar-refractivity contribution >= 4 is 23.7 Å². The number of carbonyl (C=O) groups excluding carboxylic acids is 1. The number of phenolic OH excluding ortho intramolecular Hbond substituents is 1. The summed E-state index contributed by atoms with van der Waals surface area (Å²) in [6, 6.07) is 3.20. The topological polar surface area (TPSA) is 95.9 Å². The monoisotopic (exact) mass is 315 g/mol. The molecule has 0 heterocycles. The summed E-state index contributed by atoms with van der Waals surface area (Å²) >= 11 is 5.76. The molecule has 0 aliphatic carbocycles. The quantitative estimate of drug-likeness (QED) is 0.793. The highest BCUT2D eigenvalue weighted by molar-refractivity contribution is 6.32. The molecule has 0 bridgehead atoms. The number of nitrogens with one attached hydrogen (secondary N) is 1. The molecule has 21 heavy (non-hydrogen) atoms. The fourth-order valence-electron chi connectivity index (χ4n) is 1.56. The number of aliphatic carboxylic acids is 1. The molecule has 116 valence electrons. The Labute approximate surface area is 127 Å². The predicted octanol–water partition coefficient (Wildman–Crippen LogP) is 2.57. The minimum Gasteiger partial charge on any atom is -0.506 e. The number of alkyl carbamates (subject to hydrolysis) is 1. The van der Waals surface area contributed by atoms with Crippen molar-refractivity contribution in [3.05, 3.63) is 28.8 Å². The molecule has 0 aliphatic heterocycles. The van der Waals surface area contributed by atoms with Crippen molar-refractivity contribution in [3.8, 4) is 5.75 Å². The Morgan fingerprint density at radius 2 is 2.00 bits per heavy atom. The number of benzene rings is 1. The molecule has 1 aromatic rings. The molecule has 1 atom stereocenters. The summed E-state index contributed by atoms with van der Waals surface area (Å²) < 4.78 is 5.02. The van der Waals surface area contributed by atoms with E-state index in [9.17, 15) is 14.7 Å². The third-order valence-corrected chi connectivity index (χ3v) is 2.74. The number of hydrogen-bond acceptors (Lipinski definition) is 4. The summed E-state index contributed by atoms with van der Waals surface area (Å²) in [7, 11) is 0. The summed E-state index contributed by atoms with van der Waals surface area (Å²) in [5.41, 5.74) is -0.143. The molecule has 1 rings (SSSR count). The lowest BCUT2D eigenvalue weighted by Gasteiger charge is -2.22. The lowest BCUT2D eigenvalue weighted by atomic mass is 10.1. The number of hydrogen-bond donors (Lipinski definition) is 3. The molecule has 0 radical (unpaired) electrons. The van der Waals surface area contributed by atoms with Gasteiger partial charge in [0.15, 0.2) is 0 Å². The molecule has 0 unspecified atom stereocenters. The van der Waals surface area contributed by atoms with Gasteiger partial charge in [-0.2, -0.15) is 0 Å². The van der Waals surface area contributed by atoms with Gasteiger partial charge in [-0.15, -0.1) is 0 Å². The van der Waals surface area contributed by atoms with E-state index >= 15 is 0 Å². The zero-order valence-electron chi connectivity index (χ0n) is 12.0. The molecular formula is C14H18ClNO5. The van der Waals surface area contributed by atoms with Crippen LogP contribution in [0, 0.1) is 0 Å². The van der Waals surface area contributed by atoms with E-state index in [0.717, 1.165) is 0 Å². The van der Waals surface area contributed by atoms with Gasteiger partial charge in [0.2, 0.25) is 0 Å².